The molecule has 0 fully saturated rings. The molecule has 0 bridgehead atoms. The lowest BCUT2D eigenvalue weighted by Gasteiger charge is -2.25. The molecule has 290 valence electrons. The average molecular weight is 833 g/mol. The summed E-state index contributed by atoms with van der Waals surface area (Å²) >= 11 is 3.02. The van der Waals surface area contributed by atoms with Crippen molar-refractivity contribution >= 4 is 107 Å². The second-order valence-corrected chi connectivity index (χ2v) is 17.1. The SMILES string of the molecule is FC(F)(F)c1cccc(-c2ccc(-n3c4ccccc4c4ccc5c6ccccc6sc5c43)c(C(F)(F)F)c2-n2c3ccccc3c3ccc4c5ccccc5sc4c32)c1. The smallest absolute Gasteiger partial charge is 0.307 e. The molecule has 0 aliphatic heterocycles. The second-order valence-electron chi connectivity index (χ2n) is 15.0. The lowest BCUT2D eigenvalue weighted by atomic mass is 9.95. The Morgan fingerprint density at radius 2 is 0.900 bits per heavy atom. The van der Waals surface area contributed by atoms with E-state index in [1.165, 1.54) is 40.9 Å². The van der Waals surface area contributed by atoms with Crippen molar-refractivity contribution in [3.05, 3.63) is 169 Å². The number of benzene rings is 8. The molecule has 0 saturated heterocycles. The van der Waals surface area contributed by atoms with Crippen LogP contribution in [-0.4, -0.2) is 9.13 Å². The Morgan fingerprint density at radius 3 is 1.47 bits per heavy atom. The summed E-state index contributed by atoms with van der Waals surface area (Å²) in [4.78, 5) is 0. The molecule has 0 radical (unpaired) electrons. The number of alkyl halides is 6. The molecule has 0 aliphatic carbocycles. The lowest BCUT2D eigenvalue weighted by Crippen LogP contribution is -2.17. The van der Waals surface area contributed by atoms with Gasteiger partial charge >= 0.3 is 12.4 Å². The van der Waals surface area contributed by atoms with E-state index in [1.54, 1.807) is 27.3 Å². The van der Waals surface area contributed by atoms with Gasteiger partial charge in [-0.3, -0.25) is 0 Å². The Kier molecular flexibility index (Phi) is 7.33. The number of hydrogen-bond donors (Lipinski definition) is 0. The maximum atomic E-state index is 16.8. The molecule has 2 nitrogen and oxygen atoms in total. The van der Waals surface area contributed by atoms with Gasteiger partial charge in [0, 0.05) is 58.1 Å². The first kappa shape index (κ1) is 35.3. The van der Waals surface area contributed by atoms with Crippen LogP contribution in [0.15, 0.2) is 158 Å². The molecule has 0 atom stereocenters. The summed E-state index contributed by atoms with van der Waals surface area (Å²) in [7, 11) is 0. The molecule has 4 heterocycles. The van der Waals surface area contributed by atoms with Crippen LogP contribution < -0.4 is 0 Å². The summed E-state index contributed by atoms with van der Waals surface area (Å²) < 4.78 is 101. The fourth-order valence-corrected chi connectivity index (χ4v) is 11.8. The Morgan fingerprint density at radius 1 is 0.400 bits per heavy atom. The summed E-state index contributed by atoms with van der Waals surface area (Å²) in [5.74, 6) is 0. The minimum Gasteiger partial charge on any atom is -0.307 e. The van der Waals surface area contributed by atoms with Crippen molar-refractivity contribution in [2.75, 3.05) is 0 Å². The van der Waals surface area contributed by atoms with Crippen molar-refractivity contribution in [1.82, 2.24) is 9.13 Å². The van der Waals surface area contributed by atoms with Crippen LogP contribution in [0.2, 0.25) is 0 Å². The van der Waals surface area contributed by atoms with Gasteiger partial charge < -0.3 is 9.13 Å². The van der Waals surface area contributed by atoms with Crippen LogP contribution in [0, 0.1) is 0 Å². The Balaban J connectivity index is 1.32. The van der Waals surface area contributed by atoms with Crippen LogP contribution in [0.3, 0.4) is 0 Å². The van der Waals surface area contributed by atoms with E-state index in [0.717, 1.165) is 74.0 Å². The molecule has 12 rings (SSSR count). The Labute approximate surface area is 344 Å². The zero-order valence-corrected chi connectivity index (χ0v) is 32.6. The highest BCUT2D eigenvalue weighted by Crippen LogP contribution is 2.51. The van der Waals surface area contributed by atoms with E-state index in [0.29, 0.717) is 22.1 Å². The van der Waals surface area contributed by atoms with E-state index in [-0.39, 0.29) is 22.5 Å². The first-order valence-corrected chi connectivity index (χ1v) is 20.8. The molecular formula is C50H26F6N2S2. The number of aromatic nitrogens is 2. The van der Waals surface area contributed by atoms with Gasteiger partial charge in [-0.25, -0.2) is 0 Å². The predicted molar refractivity (Wildman–Crippen MR) is 236 cm³/mol. The molecule has 0 saturated carbocycles. The maximum Gasteiger partial charge on any atom is 0.420 e. The summed E-state index contributed by atoms with van der Waals surface area (Å²) in [5, 5.41) is 6.83. The topological polar surface area (TPSA) is 9.86 Å². The van der Waals surface area contributed by atoms with Crippen LogP contribution in [0.25, 0.3) is 106 Å². The minimum absolute atomic E-state index is 0.0143. The number of fused-ring (bicyclic) bond motifs is 14. The van der Waals surface area contributed by atoms with E-state index in [4.69, 9.17) is 0 Å². The molecule has 0 unspecified atom stereocenters. The average Bonchev–Trinajstić information content (AvgIpc) is 4.00. The Bertz CT molecular complexity index is 3770. The monoisotopic (exact) mass is 832 g/mol. The number of nitrogens with zero attached hydrogens (tertiary/aromatic N) is 2. The molecule has 10 heteroatoms. The van der Waals surface area contributed by atoms with E-state index in [9.17, 15) is 13.2 Å². The van der Waals surface area contributed by atoms with Gasteiger partial charge in [-0.2, -0.15) is 26.3 Å². The highest BCUT2D eigenvalue weighted by molar-refractivity contribution is 7.27. The summed E-state index contributed by atoms with van der Waals surface area (Å²) in [6.45, 7) is 0. The minimum atomic E-state index is -5.00. The second kappa shape index (κ2) is 12.5. The number of para-hydroxylation sites is 2. The van der Waals surface area contributed by atoms with Gasteiger partial charge in [0.2, 0.25) is 0 Å². The van der Waals surface area contributed by atoms with Gasteiger partial charge in [0.1, 0.15) is 5.56 Å². The highest BCUT2D eigenvalue weighted by Gasteiger charge is 2.41. The van der Waals surface area contributed by atoms with Gasteiger partial charge in [0.05, 0.1) is 48.4 Å². The number of hydrogen-bond acceptors (Lipinski definition) is 2. The molecule has 0 amide bonds. The van der Waals surface area contributed by atoms with Crippen molar-refractivity contribution in [3.8, 4) is 22.5 Å². The van der Waals surface area contributed by atoms with Crippen molar-refractivity contribution in [2.24, 2.45) is 0 Å². The third-order valence-corrected chi connectivity index (χ3v) is 14.2. The molecule has 12 aromatic rings. The number of thiophene rings is 2. The maximum absolute atomic E-state index is 16.8. The van der Waals surface area contributed by atoms with Crippen molar-refractivity contribution < 1.29 is 26.3 Å². The fraction of sp³-hybridized carbons (Fsp3) is 0.0400. The molecule has 4 aromatic heterocycles. The van der Waals surface area contributed by atoms with Gasteiger partial charge in [0.25, 0.3) is 0 Å². The molecule has 0 N–H and O–H groups in total. The molecular weight excluding hydrogens is 807 g/mol. The zero-order chi connectivity index (χ0) is 40.7. The fourth-order valence-electron chi connectivity index (χ4n) is 9.32. The zero-order valence-electron chi connectivity index (χ0n) is 31.0. The van der Waals surface area contributed by atoms with Crippen LogP contribution in [-0.2, 0) is 12.4 Å². The quantitative estimate of drug-likeness (QED) is 0.157. The van der Waals surface area contributed by atoms with Crippen LogP contribution in [0.5, 0.6) is 0 Å². The number of rotatable bonds is 3. The van der Waals surface area contributed by atoms with Gasteiger partial charge in [-0.1, -0.05) is 115 Å². The van der Waals surface area contributed by atoms with Gasteiger partial charge in [-0.05, 0) is 48.0 Å². The summed E-state index contributed by atoms with van der Waals surface area (Å²) in [5.41, 5.74) is 0.0191. The molecule has 60 heavy (non-hydrogen) atoms. The molecule has 0 aliphatic rings. The summed E-state index contributed by atoms with van der Waals surface area (Å²) in [6.07, 6.45) is -9.72. The first-order valence-electron chi connectivity index (χ1n) is 19.2. The van der Waals surface area contributed by atoms with E-state index >= 15 is 13.2 Å². The van der Waals surface area contributed by atoms with E-state index in [1.807, 2.05) is 109 Å². The third kappa shape index (κ3) is 4.95. The third-order valence-electron chi connectivity index (χ3n) is 11.8. The standard InChI is InChI=1S/C50H26F6N2S2/c51-49(52,53)28-11-9-10-27(26-28)29-24-25-40(57-38-16-5-1-12-30(38)34-20-22-36-32-14-3-7-18-41(32)59-47(36)45(34)57)43(50(54,55)56)44(29)58-39-17-6-2-13-31(39)35-21-23-37-33-15-4-8-19-42(33)60-48(37)46(35)58/h1-26H. The van der Waals surface area contributed by atoms with Crippen molar-refractivity contribution in [1.29, 1.82) is 0 Å². The van der Waals surface area contributed by atoms with Crippen LogP contribution in [0.1, 0.15) is 11.1 Å². The van der Waals surface area contributed by atoms with E-state index in [2.05, 4.69) is 0 Å². The summed E-state index contributed by atoms with van der Waals surface area (Å²) in [6, 6.07) is 46.1. The van der Waals surface area contributed by atoms with Gasteiger partial charge in [0.15, 0.2) is 0 Å². The van der Waals surface area contributed by atoms with Gasteiger partial charge in [-0.15, -0.1) is 22.7 Å². The normalized spacial score (nSPS) is 12.8. The van der Waals surface area contributed by atoms with E-state index < -0.39 is 23.5 Å². The highest BCUT2D eigenvalue weighted by atomic mass is 32.1. The molecule has 0 spiro atoms. The molecule has 8 aromatic carbocycles. The van der Waals surface area contributed by atoms with Crippen LogP contribution >= 0.6 is 22.7 Å². The lowest BCUT2D eigenvalue weighted by molar-refractivity contribution is -0.138. The first-order chi connectivity index (χ1) is 29.1. The van der Waals surface area contributed by atoms with Crippen molar-refractivity contribution in [2.45, 2.75) is 12.4 Å². The largest absolute Gasteiger partial charge is 0.420 e. The Hall–Kier alpha value is -6.62. The van der Waals surface area contributed by atoms with Crippen molar-refractivity contribution in [3.63, 3.8) is 0 Å². The number of halogens is 6. The van der Waals surface area contributed by atoms with Crippen LogP contribution in [0.4, 0.5) is 26.3 Å². The predicted octanol–water partition coefficient (Wildman–Crippen LogP) is 16.3.